The van der Waals surface area contributed by atoms with Crippen molar-refractivity contribution in [2.24, 2.45) is 11.7 Å². The number of nitrogens with zero attached hydrogens (tertiary/aromatic N) is 2. The number of benzene rings is 1. The highest BCUT2D eigenvalue weighted by Gasteiger charge is 2.29. The molecule has 3 rings (SSSR count). The summed E-state index contributed by atoms with van der Waals surface area (Å²) >= 11 is 1.54. The van der Waals surface area contributed by atoms with Gasteiger partial charge in [-0.1, -0.05) is 12.1 Å². The quantitative estimate of drug-likeness (QED) is 0.838. The summed E-state index contributed by atoms with van der Waals surface area (Å²) in [5.41, 5.74) is 7.19. The highest BCUT2D eigenvalue weighted by Crippen LogP contribution is 2.34. The molecular formula is C18H23N3O2S. The van der Waals surface area contributed by atoms with Crippen LogP contribution in [0.2, 0.25) is 0 Å². The summed E-state index contributed by atoms with van der Waals surface area (Å²) in [6.45, 7) is 3.75. The van der Waals surface area contributed by atoms with Gasteiger partial charge >= 0.3 is 0 Å². The number of carbonyl (C=O) groups is 1. The third-order valence-electron chi connectivity index (χ3n) is 4.13. The Morgan fingerprint density at radius 2 is 2.25 bits per heavy atom. The Kier molecular flexibility index (Phi) is 5.16. The molecule has 1 saturated carbocycles. The number of carbonyl (C=O) groups excluding carboxylic acids is 1. The predicted octanol–water partition coefficient (Wildman–Crippen LogP) is 2.94. The van der Waals surface area contributed by atoms with Gasteiger partial charge in [0.15, 0.2) is 0 Å². The first-order valence-electron chi connectivity index (χ1n) is 8.23. The van der Waals surface area contributed by atoms with Gasteiger partial charge in [-0.2, -0.15) is 0 Å². The number of ether oxygens (including phenoxy) is 1. The number of nitrogens with two attached hydrogens (primary N) is 1. The summed E-state index contributed by atoms with van der Waals surface area (Å²) in [7, 11) is 1.64. The normalized spacial score (nSPS) is 13.8. The smallest absolute Gasteiger partial charge is 0.274 e. The summed E-state index contributed by atoms with van der Waals surface area (Å²) in [6.07, 6.45) is 2.40. The number of thiazole rings is 1. The fraction of sp³-hybridized carbons (Fsp3) is 0.444. The van der Waals surface area contributed by atoms with Crippen LogP contribution < -0.4 is 10.5 Å². The summed E-state index contributed by atoms with van der Waals surface area (Å²) in [5, 5.41) is 0.885. The van der Waals surface area contributed by atoms with Gasteiger partial charge < -0.3 is 15.4 Å². The second kappa shape index (κ2) is 7.32. The van der Waals surface area contributed by atoms with E-state index in [1.807, 2.05) is 36.1 Å². The fourth-order valence-electron chi connectivity index (χ4n) is 2.73. The molecule has 1 heterocycles. The van der Waals surface area contributed by atoms with E-state index in [1.165, 1.54) is 24.2 Å². The molecule has 5 nitrogen and oxygen atoms in total. The van der Waals surface area contributed by atoms with E-state index >= 15 is 0 Å². The first kappa shape index (κ1) is 16.9. The summed E-state index contributed by atoms with van der Waals surface area (Å²) in [4.78, 5) is 20.3. The van der Waals surface area contributed by atoms with Crippen LogP contribution in [0.5, 0.6) is 5.75 Å². The molecule has 0 saturated heterocycles. The van der Waals surface area contributed by atoms with Crippen LogP contribution in [0.3, 0.4) is 0 Å². The largest absolute Gasteiger partial charge is 0.497 e. The molecule has 128 valence electrons. The van der Waals surface area contributed by atoms with Crippen LogP contribution in [-0.2, 0) is 0 Å². The van der Waals surface area contributed by atoms with Gasteiger partial charge in [0.25, 0.3) is 5.91 Å². The lowest BCUT2D eigenvalue weighted by Crippen LogP contribution is -2.37. The van der Waals surface area contributed by atoms with Crippen molar-refractivity contribution in [3.63, 3.8) is 0 Å². The molecule has 1 aliphatic carbocycles. The van der Waals surface area contributed by atoms with Crippen LogP contribution in [0.4, 0.5) is 0 Å². The Morgan fingerprint density at radius 1 is 1.46 bits per heavy atom. The number of hydrogen-bond acceptors (Lipinski definition) is 5. The molecule has 0 atom stereocenters. The molecule has 1 aromatic carbocycles. The maximum Gasteiger partial charge on any atom is 0.274 e. The van der Waals surface area contributed by atoms with E-state index in [4.69, 9.17) is 10.5 Å². The maximum atomic E-state index is 13.0. The lowest BCUT2D eigenvalue weighted by Gasteiger charge is -2.21. The van der Waals surface area contributed by atoms with Crippen LogP contribution >= 0.6 is 11.3 Å². The zero-order valence-electron chi connectivity index (χ0n) is 14.1. The van der Waals surface area contributed by atoms with Crippen molar-refractivity contribution in [1.29, 1.82) is 0 Å². The zero-order chi connectivity index (χ0) is 17.1. The number of amides is 1. The van der Waals surface area contributed by atoms with Crippen molar-refractivity contribution >= 4 is 17.2 Å². The van der Waals surface area contributed by atoms with E-state index in [9.17, 15) is 4.79 Å². The molecule has 0 unspecified atom stereocenters. The highest BCUT2D eigenvalue weighted by molar-refractivity contribution is 7.15. The summed E-state index contributed by atoms with van der Waals surface area (Å²) in [6, 6.07) is 7.75. The third-order valence-corrected chi connectivity index (χ3v) is 5.15. The van der Waals surface area contributed by atoms with Gasteiger partial charge in [-0.25, -0.2) is 4.98 Å². The lowest BCUT2D eigenvalue weighted by molar-refractivity contribution is 0.0748. The van der Waals surface area contributed by atoms with Crippen molar-refractivity contribution in [3.05, 3.63) is 35.0 Å². The first-order valence-corrected chi connectivity index (χ1v) is 9.05. The maximum absolute atomic E-state index is 13.0. The van der Waals surface area contributed by atoms with Gasteiger partial charge in [0.1, 0.15) is 11.4 Å². The van der Waals surface area contributed by atoms with Gasteiger partial charge in [0.05, 0.1) is 17.0 Å². The third kappa shape index (κ3) is 3.76. The number of hydrogen-bond donors (Lipinski definition) is 1. The second-order valence-electron chi connectivity index (χ2n) is 6.13. The van der Waals surface area contributed by atoms with Crippen LogP contribution in [0, 0.1) is 12.8 Å². The Hall–Kier alpha value is -1.92. The summed E-state index contributed by atoms with van der Waals surface area (Å²) in [5.74, 6) is 1.38. The Bertz CT molecular complexity index is 725. The van der Waals surface area contributed by atoms with Crippen LogP contribution in [0.25, 0.3) is 10.4 Å². The van der Waals surface area contributed by atoms with E-state index in [-0.39, 0.29) is 5.91 Å². The number of aryl methyl sites for hydroxylation is 1. The van der Waals surface area contributed by atoms with Crippen LogP contribution in [-0.4, -0.2) is 42.5 Å². The average Bonchev–Trinajstić information content (AvgIpc) is 3.33. The molecule has 0 radical (unpaired) electrons. The van der Waals surface area contributed by atoms with Crippen molar-refractivity contribution < 1.29 is 9.53 Å². The topological polar surface area (TPSA) is 68.5 Å². The average molecular weight is 345 g/mol. The van der Waals surface area contributed by atoms with Crippen molar-refractivity contribution in [2.45, 2.75) is 19.8 Å². The van der Waals surface area contributed by atoms with Gasteiger partial charge in [0, 0.05) is 19.6 Å². The molecule has 1 aliphatic rings. The van der Waals surface area contributed by atoms with Crippen molar-refractivity contribution in [3.8, 4) is 16.2 Å². The number of methoxy groups -OCH3 is 1. The molecular weight excluding hydrogens is 322 g/mol. The second-order valence-corrected chi connectivity index (χ2v) is 7.33. The van der Waals surface area contributed by atoms with E-state index in [1.54, 1.807) is 7.11 Å². The van der Waals surface area contributed by atoms with Crippen molar-refractivity contribution in [2.75, 3.05) is 26.7 Å². The minimum atomic E-state index is -0.0190. The fourth-order valence-corrected chi connectivity index (χ4v) is 3.63. The van der Waals surface area contributed by atoms with E-state index in [0.717, 1.165) is 27.7 Å². The molecule has 24 heavy (non-hydrogen) atoms. The van der Waals surface area contributed by atoms with Crippen LogP contribution in [0.15, 0.2) is 24.3 Å². The van der Waals surface area contributed by atoms with E-state index in [0.29, 0.717) is 24.7 Å². The molecule has 1 amide bonds. The molecule has 2 N–H and O–H groups in total. The minimum absolute atomic E-state index is 0.0190. The van der Waals surface area contributed by atoms with Gasteiger partial charge in [-0.3, -0.25) is 4.79 Å². The highest BCUT2D eigenvalue weighted by atomic mass is 32.1. The molecule has 0 aliphatic heterocycles. The Balaban J connectivity index is 1.93. The van der Waals surface area contributed by atoms with E-state index < -0.39 is 0 Å². The summed E-state index contributed by atoms with van der Waals surface area (Å²) < 4.78 is 5.30. The van der Waals surface area contributed by atoms with Gasteiger partial charge in [0.2, 0.25) is 0 Å². The number of aromatic nitrogens is 1. The SMILES string of the molecule is COc1cccc(-c2sc(C)nc2C(=O)N(CCN)CC2CC2)c1. The minimum Gasteiger partial charge on any atom is -0.497 e. The lowest BCUT2D eigenvalue weighted by atomic mass is 10.1. The number of rotatable bonds is 7. The Morgan fingerprint density at radius 3 is 2.92 bits per heavy atom. The first-order chi connectivity index (χ1) is 11.6. The van der Waals surface area contributed by atoms with Crippen molar-refractivity contribution in [1.82, 2.24) is 9.88 Å². The van der Waals surface area contributed by atoms with Crippen LogP contribution in [0.1, 0.15) is 28.3 Å². The molecule has 0 spiro atoms. The molecule has 0 bridgehead atoms. The zero-order valence-corrected chi connectivity index (χ0v) is 14.9. The van der Waals surface area contributed by atoms with Gasteiger partial charge in [-0.05, 0) is 43.4 Å². The molecule has 1 fully saturated rings. The molecule has 1 aromatic heterocycles. The standard InChI is InChI=1S/C18H23N3O2S/c1-12-20-16(18(22)21(9-8-19)11-13-6-7-13)17(24-12)14-4-3-5-15(10-14)23-2/h3-5,10,13H,6-9,11,19H2,1-2H3. The molecule has 6 heteroatoms. The van der Waals surface area contributed by atoms with E-state index in [2.05, 4.69) is 4.98 Å². The predicted molar refractivity (Wildman–Crippen MR) is 96.5 cm³/mol. The van der Waals surface area contributed by atoms with Gasteiger partial charge in [-0.15, -0.1) is 11.3 Å². The monoisotopic (exact) mass is 345 g/mol. The molecule has 2 aromatic rings. The Labute approximate surface area is 146 Å².